The molecule has 1 fully saturated rings. The summed E-state index contributed by atoms with van der Waals surface area (Å²) in [4.78, 5) is 24.2. The van der Waals surface area contributed by atoms with Crippen LogP contribution in [-0.4, -0.2) is 53.8 Å². The number of nitrogens with zero attached hydrogens (tertiary/aromatic N) is 2. The lowest BCUT2D eigenvalue weighted by atomic mass is 10.1. The zero-order valence-electron chi connectivity index (χ0n) is 11.0. The third-order valence-electron chi connectivity index (χ3n) is 2.88. The predicted octanol–water partition coefficient (Wildman–Crippen LogP) is 0.564. The summed E-state index contributed by atoms with van der Waals surface area (Å²) in [5.41, 5.74) is 0. The summed E-state index contributed by atoms with van der Waals surface area (Å²) in [5.74, 6) is -0.935. The molecular weight excluding hydrogens is 250 g/mol. The van der Waals surface area contributed by atoms with Gasteiger partial charge in [-0.1, -0.05) is 13.3 Å². The molecule has 0 radical (unpaired) electrons. The van der Waals surface area contributed by atoms with Gasteiger partial charge in [0.15, 0.2) is 6.10 Å². The molecule has 1 aliphatic rings. The number of hydrogen-bond acceptors (Lipinski definition) is 4. The molecular formula is C12H19N3O4. The average Bonchev–Trinajstić information content (AvgIpc) is 2.38. The number of hydrogen-bond donors (Lipinski definition) is 2. The highest BCUT2D eigenvalue weighted by Gasteiger charge is 2.25. The zero-order chi connectivity index (χ0) is 14.3. The monoisotopic (exact) mass is 269 g/mol. The highest BCUT2D eigenvalue weighted by atomic mass is 16.5. The SMILES string of the molecule is CCCC(CC(=O)O)NC(=O)N1CCOC(C#N)C1. The third kappa shape index (κ3) is 5.14. The first-order valence-corrected chi connectivity index (χ1v) is 6.35. The maximum Gasteiger partial charge on any atom is 0.317 e. The summed E-state index contributed by atoms with van der Waals surface area (Å²) >= 11 is 0. The van der Waals surface area contributed by atoms with E-state index in [0.29, 0.717) is 19.6 Å². The van der Waals surface area contributed by atoms with Crippen molar-refractivity contribution in [2.75, 3.05) is 19.7 Å². The van der Waals surface area contributed by atoms with Crippen molar-refractivity contribution in [3.8, 4) is 6.07 Å². The fourth-order valence-corrected chi connectivity index (χ4v) is 1.96. The second-order valence-electron chi connectivity index (χ2n) is 4.47. The van der Waals surface area contributed by atoms with Crippen LogP contribution in [0, 0.1) is 11.3 Å². The topological polar surface area (TPSA) is 103 Å². The van der Waals surface area contributed by atoms with Crippen LogP contribution < -0.4 is 5.32 Å². The summed E-state index contributed by atoms with van der Waals surface area (Å²) in [7, 11) is 0. The number of rotatable bonds is 5. The average molecular weight is 269 g/mol. The van der Waals surface area contributed by atoms with Crippen molar-refractivity contribution in [2.45, 2.75) is 38.3 Å². The van der Waals surface area contributed by atoms with E-state index in [4.69, 9.17) is 15.1 Å². The van der Waals surface area contributed by atoms with Gasteiger partial charge in [0.1, 0.15) is 0 Å². The maximum atomic E-state index is 12.0. The number of amides is 2. The number of morpholine rings is 1. The molecule has 0 aliphatic carbocycles. The van der Waals surface area contributed by atoms with Gasteiger partial charge in [-0.25, -0.2) is 4.79 Å². The summed E-state index contributed by atoms with van der Waals surface area (Å²) in [6.45, 7) is 2.88. The summed E-state index contributed by atoms with van der Waals surface area (Å²) < 4.78 is 5.15. The number of nitriles is 1. The van der Waals surface area contributed by atoms with Crippen molar-refractivity contribution in [1.29, 1.82) is 5.26 Å². The lowest BCUT2D eigenvalue weighted by Crippen LogP contribution is -2.51. The fourth-order valence-electron chi connectivity index (χ4n) is 1.96. The first kappa shape index (κ1) is 15.2. The molecule has 106 valence electrons. The smallest absolute Gasteiger partial charge is 0.317 e. The lowest BCUT2D eigenvalue weighted by Gasteiger charge is -2.31. The van der Waals surface area contributed by atoms with Crippen LogP contribution in [0.5, 0.6) is 0 Å². The van der Waals surface area contributed by atoms with Crippen LogP contribution in [0.1, 0.15) is 26.2 Å². The Bertz CT molecular complexity index is 366. The molecule has 1 saturated heterocycles. The minimum absolute atomic E-state index is 0.0917. The van der Waals surface area contributed by atoms with Gasteiger partial charge in [0.25, 0.3) is 0 Å². The Kier molecular flexibility index (Phi) is 6.09. The molecule has 0 spiro atoms. The molecule has 0 saturated carbocycles. The van der Waals surface area contributed by atoms with E-state index in [9.17, 15) is 9.59 Å². The first-order chi connectivity index (χ1) is 9.06. The molecule has 2 unspecified atom stereocenters. The molecule has 0 aromatic heterocycles. The van der Waals surface area contributed by atoms with Crippen LogP contribution in [0.2, 0.25) is 0 Å². The lowest BCUT2D eigenvalue weighted by molar-refractivity contribution is -0.137. The fraction of sp³-hybridized carbons (Fsp3) is 0.750. The van der Waals surface area contributed by atoms with Gasteiger partial charge in [0.05, 0.1) is 25.6 Å². The molecule has 7 nitrogen and oxygen atoms in total. The summed E-state index contributed by atoms with van der Waals surface area (Å²) in [6.07, 6.45) is 0.709. The number of carboxylic acid groups (broad SMARTS) is 1. The number of aliphatic carboxylic acids is 1. The number of urea groups is 1. The van der Waals surface area contributed by atoms with E-state index >= 15 is 0 Å². The Labute approximate surface area is 112 Å². The molecule has 7 heteroatoms. The van der Waals surface area contributed by atoms with Crippen molar-refractivity contribution in [3.63, 3.8) is 0 Å². The molecule has 1 heterocycles. The van der Waals surface area contributed by atoms with E-state index in [1.54, 1.807) is 0 Å². The van der Waals surface area contributed by atoms with Crippen LogP contribution in [0.25, 0.3) is 0 Å². The van der Waals surface area contributed by atoms with Gasteiger partial charge < -0.3 is 20.1 Å². The highest BCUT2D eigenvalue weighted by molar-refractivity contribution is 5.76. The summed E-state index contributed by atoms with van der Waals surface area (Å²) in [5, 5.41) is 20.3. The van der Waals surface area contributed by atoms with E-state index in [-0.39, 0.29) is 25.0 Å². The second-order valence-corrected chi connectivity index (χ2v) is 4.47. The minimum atomic E-state index is -0.935. The van der Waals surface area contributed by atoms with Gasteiger partial charge in [-0.2, -0.15) is 5.26 Å². The first-order valence-electron chi connectivity index (χ1n) is 6.35. The third-order valence-corrected chi connectivity index (χ3v) is 2.88. The van der Waals surface area contributed by atoms with Crippen LogP contribution >= 0.6 is 0 Å². The molecule has 0 bridgehead atoms. The van der Waals surface area contributed by atoms with Crippen molar-refractivity contribution in [3.05, 3.63) is 0 Å². The van der Waals surface area contributed by atoms with Gasteiger partial charge in [0.2, 0.25) is 0 Å². The number of carbonyl (C=O) groups excluding carboxylic acids is 1. The number of carboxylic acids is 1. The van der Waals surface area contributed by atoms with Gasteiger partial charge in [0, 0.05) is 12.6 Å². The quantitative estimate of drug-likeness (QED) is 0.759. The molecule has 0 aromatic rings. The zero-order valence-corrected chi connectivity index (χ0v) is 11.0. The molecule has 2 N–H and O–H groups in total. The second kappa shape index (κ2) is 7.59. The van der Waals surface area contributed by atoms with E-state index in [1.165, 1.54) is 4.90 Å². The largest absolute Gasteiger partial charge is 0.481 e. The molecule has 1 aliphatic heterocycles. The highest BCUT2D eigenvalue weighted by Crippen LogP contribution is 2.07. The van der Waals surface area contributed by atoms with Crippen molar-refractivity contribution in [2.24, 2.45) is 0 Å². The molecule has 0 aromatic carbocycles. The number of nitrogens with one attached hydrogen (secondary N) is 1. The van der Waals surface area contributed by atoms with Crippen molar-refractivity contribution in [1.82, 2.24) is 10.2 Å². The normalized spacial score (nSPS) is 20.4. The van der Waals surface area contributed by atoms with Gasteiger partial charge in [-0.15, -0.1) is 0 Å². The molecule has 19 heavy (non-hydrogen) atoms. The van der Waals surface area contributed by atoms with Crippen LogP contribution in [-0.2, 0) is 9.53 Å². The minimum Gasteiger partial charge on any atom is -0.481 e. The predicted molar refractivity (Wildman–Crippen MR) is 66.4 cm³/mol. The summed E-state index contributed by atoms with van der Waals surface area (Å²) in [6, 6.07) is 1.25. The Morgan fingerprint density at radius 3 is 2.95 bits per heavy atom. The van der Waals surface area contributed by atoms with E-state index in [0.717, 1.165) is 6.42 Å². The molecule has 2 atom stereocenters. The van der Waals surface area contributed by atoms with Gasteiger partial charge in [-0.3, -0.25) is 4.79 Å². The van der Waals surface area contributed by atoms with Gasteiger partial charge >= 0.3 is 12.0 Å². The molecule has 1 rings (SSSR count). The van der Waals surface area contributed by atoms with Crippen LogP contribution in [0.4, 0.5) is 4.79 Å². The number of ether oxygens (including phenoxy) is 1. The number of carbonyl (C=O) groups is 2. The van der Waals surface area contributed by atoms with Crippen molar-refractivity contribution < 1.29 is 19.4 Å². The Balaban J connectivity index is 2.51. The van der Waals surface area contributed by atoms with E-state index in [1.807, 2.05) is 13.0 Å². The molecule has 2 amide bonds. The maximum absolute atomic E-state index is 12.0. The van der Waals surface area contributed by atoms with E-state index < -0.39 is 12.1 Å². The van der Waals surface area contributed by atoms with Crippen LogP contribution in [0.15, 0.2) is 0 Å². The standard InChI is InChI=1S/C12H19N3O4/c1-2-3-9(6-11(16)17)14-12(18)15-4-5-19-10(7-13)8-15/h9-10H,2-6,8H2,1H3,(H,14,18)(H,16,17). The Hall–Kier alpha value is -1.81. The van der Waals surface area contributed by atoms with E-state index in [2.05, 4.69) is 5.32 Å². The van der Waals surface area contributed by atoms with Crippen molar-refractivity contribution >= 4 is 12.0 Å². The van der Waals surface area contributed by atoms with Gasteiger partial charge in [-0.05, 0) is 6.42 Å². The Morgan fingerprint density at radius 2 is 2.37 bits per heavy atom. The van der Waals surface area contributed by atoms with Crippen LogP contribution in [0.3, 0.4) is 0 Å². The Morgan fingerprint density at radius 1 is 1.63 bits per heavy atom.